The molecular weight excluding hydrogens is 402 g/mol. The van der Waals surface area contributed by atoms with Crippen LogP contribution < -0.4 is 14.8 Å². The maximum atomic E-state index is 5.63. The van der Waals surface area contributed by atoms with Crippen molar-refractivity contribution >= 4 is 44.2 Å². The van der Waals surface area contributed by atoms with E-state index in [2.05, 4.69) is 31.4 Å². The van der Waals surface area contributed by atoms with E-state index in [1.807, 2.05) is 12.1 Å². The van der Waals surface area contributed by atoms with Gasteiger partial charge >= 0.3 is 0 Å². The number of anilines is 1. The minimum absolute atomic E-state index is 0.591. The van der Waals surface area contributed by atoms with Crippen molar-refractivity contribution in [3.8, 4) is 11.5 Å². The van der Waals surface area contributed by atoms with Gasteiger partial charge in [-0.1, -0.05) is 39.0 Å². The number of fused-ring (bicyclic) bond motifs is 1. The van der Waals surface area contributed by atoms with Crippen LogP contribution in [0.5, 0.6) is 11.5 Å². The van der Waals surface area contributed by atoms with Crippen LogP contribution in [0.4, 0.5) is 5.13 Å². The normalized spacial score (nSPS) is 13.1. The zero-order chi connectivity index (χ0) is 16.1. The predicted octanol–water partition coefficient (Wildman–Crippen LogP) is 3.42. The summed E-state index contributed by atoms with van der Waals surface area (Å²) in [6, 6.07) is 3.98. The molecule has 0 saturated heterocycles. The quantitative estimate of drug-likeness (QED) is 0.546. The summed E-state index contributed by atoms with van der Waals surface area (Å²) in [7, 11) is 1.67. The van der Waals surface area contributed by atoms with Gasteiger partial charge in [0.25, 0.3) is 0 Å². The topological polar surface area (TPSA) is 65.5 Å². The zero-order valence-corrected chi connectivity index (χ0v) is 15.7. The molecule has 3 rings (SSSR count). The van der Waals surface area contributed by atoms with E-state index in [4.69, 9.17) is 14.2 Å². The number of benzene rings is 1. The molecule has 2 aromatic rings. The van der Waals surface area contributed by atoms with Crippen LogP contribution in [0.2, 0.25) is 0 Å². The smallest absolute Gasteiger partial charge is 0.206 e. The third-order valence-corrected chi connectivity index (χ3v) is 5.85. The van der Waals surface area contributed by atoms with Crippen molar-refractivity contribution in [2.45, 2.75) is 10.1 Å². The van der Waals surface area contributed by atoms with Crippen molar-refractivity contribution in [3.63, 3.8) is 0 Å². The first-order valence-corrected chi connectivity index (χ1v) is 9.63. The fraction of sp³-hybridized carbons (Fsp3) is 0.429. The van der Waals surface area contributed by atoms with Crippen molar-refractivity contribution in [2.24, 2.45) is 0 Å². The summed E-state index contributed by atoms with van der Waals surface area (Å²) in [5.74, 6) is 2.37. The highest BCUT2D eigenvalue weighted by molar-refractivity contribution is 9.10. The molecule has 0 aliphatic carbocycles. The van der Waals surface area contributed by atoms with E-state index in [1.165, 1.54) is 0 Å². The summed E-state index contributed by atoms with van der Waals surface area (Å²) in [5, 5.41) is 12.3. The van der Waals surface area contributed by atoms with Gasteiger partial charge in [-0.25, -0.2) is 0 Å². The Morgan fingerprint density at radius 3 is 2.87 bits per heavy atom. The van der Waals surface area contributed by atoms with Crippen LogP contribution in [0.1, 0.15) is 5.56 Å². The predicted molar refractivity (Wildman–Crippen MR) is 95.0 cm³/mol. The largest absolute Gasteiger partial charge is 0.486 e. The fourth-order valence-electron chi connectivity index (χ4n) is 1.96. The second kappa shape index (κ2) is 8.18. The first-order valence-electron chi connectivity index (χ1n) is 7.03. The standard InChI is InChI=1S/C14H16BrN3O3S2/c1-19-3-2-16-13-17-18-14(23-13)22-8-9-6-11-12(7-10(9)15)21-5-4-20-11/h6-7H,2-5,8H2,1H3,(H,16,17). The molecule has 0 bridgehead atoms. The Morgan fingerprint density at radius 1 is 1.30 bits per heavy atom. The van der Waals surface area contributed by atoms with E-state index in [9.17, 15) is 0 Å². The lowest BCUT2D eigenvalue weighted by molar-refractivity contribution is 0.171. The summed E-state index contributed by atoms with van der Waals surface area (Å²) in [6.45, 7) is 2.56. The molecule has 1 aromatic heterocycles. The number of ether oxygens (including phenoxy) is 3. The van der Waals surface area contributed by atoms with Gasteiger partial charge in [-0.05, 0) is 17.7 Å². The lowest BCUT2D eigenvalue weighted by Gasteiger charge is -2.19. The van der Waals surface area contributed by atoms with Gasteiger partial charge in [0.2, 0.25) is 5.13 Å². The van der Waals surface area contributed by atoms with Gasteiger partial charge < -0.3 is 19.5 Å². The van der Waals surface area contributed by atoms with Crippen LogP contribution in [0.15, 0.2) is 20.9 Å². The molecule has 0 radical (unpaired) electrons. The van der Waals surface area contributed by atoms with E-state index in [1.54, 1.807) is 30.2 Å². The van der Waals surface area contributed by atoms with Gasteiger partial charge in [-0.3, -0.25) is 0 Å². The van der Waals surface area contributed by atoms with Gasteiger partial charge in [0.05, 0.1) is 6.61 Å². The average molecular weight is 418 g/mol. The molecule has 0 fully saturated rings. The van der Waals surface area contributed by atoms with Crippen LogP contribution in [0.25, 0.3) is 0 Å². The molecule has 6 nitrogen and oxygen atoms in total. The molecule has 1 aliphatic rings. The molecule has 124 valence electrons. The summed E-state index contributed by atoms with van der Waals surface area (Å²) in [6.07, 6.45) is 0. The van der Waals surface area contributed by atoms with Crippen molar-refractivity contribution in [1.29, 1.82) is 0 Å². The van der Waals surface area contributed by atoms with E-state index < -0.39 is 0 Å². The lowest BCUT2D eigenvalue weighted by Crippen LogP contribution is -2.15. The molecule has 1 aliphatic heterocycles. The monoisotopic (exact) mass is 417 g/mol. The second-order valence-corrected chi connectivity index (χ2v) is 7.72. The van der Waals surface area contributed by atoms with Crippen LogP contribution >= 0.6 is 39.0 Å². The van der Waals surface area contributed by atoms with Crippen molar-refractivity contribution in [1.82, 2.24) is 10.2 Å². The summed E-state index contributed by atoms with van der Waals surface area (Å²) < 4.78 is 18.1. The van der Waals surface area contributed by atoms with E-state index in [0.29, 0.717) is 19.8 Å². The van der Waals surface area contributed by atoms with Crippen LogP contribution in [0, 0.1) is 0 Å². The number of nitrogens with zero attached hydrogens (tertiary/aromatic N) is 2. The SMILES string of the molecule is COCCNc1nnc(SCc2cc3c(cc2Br)OCCO3)s1. The maximum Gasteiger partial charge on any atom is 0.206 e. The molecule has 0 spiro atoms. The van der Waals surface area contributed by atoms with E-state index in [-0.39, 0.29) is 0 Å². The molecule has 9 heteroatoms. The molecule has 2 heterocycles. The van der Waals surface area contributed by atoms with Crippen molar-refractivity contribution in [2.75, 3.05) is 38.8 Å². The Morgan fingerprint density at radius 2 is 2.09 bits per heavy atom. The number of hydrogen-bond acceptors (Lipinski definition) is 8. The highest BCUT2D eigenvalue weighted by atomic mass is 79.9. The zero-order valence-electron chi connectivity index (χ0n) is 12.5. The van der Waals surface area contributed by atoms with Crippen LogP contribution in [-0.4, -0.2) is 43.7 Å². The van der Waals surface area contributed by atoms with Gasteiger partial charge in [0, 0.05) is 23.9 Å². The maximum absolute atomic E-state index is 5.63. The highest BCUT2D eigenvalue weighted by Gasteiger charge is 2.15. The number of rotatable bonds is 7. The molecule has 1 N–H and O–H groups in total. The Kier molecular flexibility index (Phi) is 5.98. The molecule has 1 aromatic carbocycles. The number of aromatic nitrogens is 2. The minimum atomic E-state index is 0.591. The van der Waals surface area contributed by atoms with E-state index >= 15 is 0 Å². The molecule has 23 heavy (non-hydrogen) atoms. The average Bonchev–Trinajstić information content (AvgIpc) is 3.01. The first-order chi connectivity index (χ1) is 11.3. The Labute approximate surface area is 151 Å². The third kappa shape index (κ3) is 4.50. The Hall–Kier alpha value is -1.03. The van der Waals surface area contributed by atoms with Gasteiger partial charge in [-0.15, -0.1) is 10.2 Å². The van der Waals surface area contributed by atoms with Crippen LogP contribution in [0.3, 0.4) is 0 Å². The molecule has 0 unspecified atom stereocenters. The van der Waals surface area contributed by atoms with Gasteiger partial charge in [0.15, 0.2) is 15.8 Å². The third-order valence-electron chi connectivity index (χ3n) is 3.05. The number of nitrogens with one attached hydrogen (secondary N) is 1. The van der Waals surface area contributed by atoms with Crippen molar-refractivity contribution < 1.29 is 14.2 Å². The summed E-state index contributed by atoms with van der Waals surface area (Å²) >= 11 is 6.77. The molecule has 0 saturated carbocycles. The number of thioether (sulfide) groups is 1. The van der Waals surface area contributed by atoms with Gasteiger partial charge in [0.1, 0.15) is 13.2 Å². The number of halogens is 1. The number of hydrogen-bond donors (Lipinski definition) is 1. The Bertz CT molecular complexity index is 669. The minimum Gasteiger partial charge on any atom is -0.486 e. The number of methoxy groups -OCH3 is 1. The summed E-state index contributed by atoms with van der Waals surface area (Å²) in [5.41, 5.74) is 1.14. The first kappa shape index (κ1) is 16.8. The Balaban J connectivity index is 1.60. The fourth-order valence-corrected chi connectivity index (χ4v) is 4.37. The van der Waals surface area contributed by atoms with E-state index in [0.717, 1.165) is 43.3 Å². The van der Waals surface area contributed by atoms with Crippen molar-refractivity contribution in [3.05, 3.63) is 22.2 Å². The highest BCUT2D eigenvalue weighted by Crippen LogP contribution is 2.38. The molecular formula is C14H16BrN3O3S2. The van der Waals surface area contributed by atoms with Gasteiger partial charge in [-0.2, -0.15) is 0 Å². The van der Waals surface area contributed by atoms with Crippen LogP contribution in [-0.2, 0) is 10.5 Å². The summed E-state index contributed by atoms with van der Waals surface area (Å²) in [4.78, 5) is 0. The second-order valence-electron chi connectivity index (χ2n) is 4.67. The molecule has 0 amide bonds. The lowest BCUT2D eigenvalue weighted by atomic mass is 10.2. The molecule has 0 atom stereocenters.